The number of rotatable bonds is 7. The Balaban J connectivity index is 1.41. The minimum Gasteiger partial charge on any atom is -0.493 e. The van der Waals surface area contributed by atoms with Crippen LogP contribution in [0.5, 0.6) is 11.5 Å². The van der Waals surface area contributed by atoms with Gasteiger partial charge in [0.25, 0.3) is 5.91 Å². The fourth-order valence-electron chi connectivity index (χ4n) is 3.06. The molecule has 1 amide bonds. The number of methoxy groups -OCH3 is 1. The quantitative estimate of drug-likeness (QED) is 0.216. The van der Waals surface area contributed by atoms with Crippen molar-refractivity contribution in [3.63, 3.8) is 0 Å². The molecule has 0 aliphatic rings. The zero-order valence-electron chi connectivity index (χ0n) is 17.0. The lowest BCUT2D eigenvalue weighted by Crippen LogP contribution is -2.17. The summed E-state index contributed by atoms with van der Waals surface area (Å²) < 4.78 is 25.3. The number of carbonyl (C=O) groups excluding carboxylic acids is 1. The molecule has 7 nitrogen and oxygen atoms in total. The summed E-state index contributed by atoms with van der Waals surface area (Å²) in [5, 5.41) is 4.00. The van der Waals surface area contributed by atoms with Crippen LogP contribution in [-0.4, -0.2) is 29.2 Å². The van der Waals surface area contributed by atoms with Crippen molar-refractivity contribution in [3.05, 3.63) is 87.9 Å². The lowest BCUT2D eigenvalue weighted by atomic mass is 10.2. The number of nitrogens with zero attached hydrogens (tertiary/aromatic N) is 1. The van der Waals surface area contributed by atoms with Gasteiger partial charge in [-0.2, -0.15) is 5.10 Å². The molecule has 9 heteroatoms. The van der Waals surface area contributed by atoms with E-state index < -0.39 is 0 Å². The molecule has 1 heterocycles. The average Bonchev–Trinajstić information content (AvgIpc) is 3.18. The summed E-state index contributed by atoms with van der Waals surface area (Å²) in [5.74, 6) is 0.239. The van der Waals surface area contributed by atoms with Crippen LogP contribution in [0.3, 0.4) is 0 Å². The maximum absolute atomic E-state index is 13.8. The molecule has 0 aliphatic heterocycles. The van der Waals surface area contributed by atoms with Gasteiger partial charge >= 0.3 is 0 Å². The molecule has 32 heavy (non-hydrogen) atoms. The Morgan fingerprint density at radius 1 is 1.09 bits per heavy atom. The maximum Gasteiger partial charge on any atom is 0.271 e. The van der Waals surface area contributed by atoms with E-state index in [9.17, 15) is 9.18 Å². The Kier molecular flexibility index (Phi) is 6.27. The van der Waals surface area contributed by atoms with Crippen LogP contribution in [0, 0.1) is 10.6 Å². The molecule has 3 N–H and O–H groups in total. The second kappa shape index (κ2) is 9.44. The van der Waals surface area contributed by atoms with Gasteiger partial charge in [0, 0.05) is 11.1 Å². The van der Waals surface area contributed by atoms with Gasteiger partial charge in [-0.1, -0.05) is 18.2 Å². The molecule has 3 aromatic carbocycles. The Hall–Kier alpha value is -3.98. The number of imidazole rings is 1. The highest BCUT2D eigenvalue weighted by Gasteiger charge is 2.09. The summed E-state index contributed by atoms with van der Waals surface area (Å²) in [7, 11) is 1.51. The maximum atomic E-state index is 13.8. The standard InChI is InChI=1S/C23H19FN4O3S/c1-30-21-10-14(6-9-20(21)31-13-16-4-2-3-5-17(16)24)12-25-28-22(29)15-7-8-18-19(11-15)27-23(32)26-18/h2-12H,13H2,1H3,(H,28,29)(H2,26,27,32)/b25-12-. The normalized spacial score (nSPS) is 11.1. The number of hydrazone groups is 1. The van der Waals surface area contributed by atoms with E-state index in [1.165, 1.54) is 19.4 Å². The molecule has 0 unspecified atom stereocenters. The largest absolute Gasteiger partial charge is 0.493 e. The van der Waals surface area contributed by atoms with Crippen molar-refractivity contribution in [3.8, 4) is 11.5 Å². The predicted molar refractivity (Wildman–Crippen MR) is 122 cm³/mol. The van der Waals surface area contributed by atoms with Gasteiger partial charge < -0.3 is 19.4 Å². The van der Waals surface area contributed by atoms with E-state index >= 15 is 0 Å². The summed E-state index contributed by atoms with van der Waals surface area (Å²) in [6.07, 6.45) is 1.49. The SMILES string of the molecule is COc1cc(/C=N\NC(=O)c2ccc3[nH]c(=S)[nH]c3c2)ccc1OCc1ccccc1F. The Labute approximate surface area is 187 Å². The molecule has 0 bridgehead atoms. The monoisotopic (exact) mass is 450 g/mol. The van der Waals surface area contributed by atoms with Crippen LogP contribution >= 0.6 is 12.2 Å². The van der Waals surface area contributed by atoms with Crippen molar-refractivity contribution in [2.24, 2.45) is 5.10 Å². The number of aromatic nitrogens is 2. The third-order valence-electron chi connectivity index (χ3n) is 4.69. The lowest BCUT2D eigenvalue weighted by molar-refractivity contribution is 0.0955. The molecular weight excluding hydrogens is 431 g/mol. The van der Waals surface area contributed by atoms with Gasteiger partial charge in [-0.3, -0.25) is 4.79 Å². The molecule has 1 aromatic heterocycles. The number of halogens is 1. The van der Waals surface area contributed by atoms with E-state index in [4.69, 9.17) is 21.7 Å². The Morgan fingerprint density at radius 3 is 2.72 bits per heavy atom. The molecule has 0 aliphatic carbocycles. The van der Waals surface area contributed by atoms with Crippen molar-refractivity contribution >= 4 is 35.4 Å². The average molecular weight is 450 g/mol. The number of hydrogen-bond acceptors (Lipinski definition) is 5. The van der Waals surface area contributed by atoms with Gasteiger partial charge in [0.2, 0.25) is 0 Å². The molecule has 0 radical (unpaired) electrons. The summed E-state index contributed by atoms with van der Waals surface area (Å²) >= 11 is 5.05. The van der Waals surface area contributed by atoms with E-state index in [0.29, 0.717) is 33.0 Å². The van der Waals surface area contributed by atoms with Crippen LogP contribution in [0.1, 0.15) is 21.5 Å². The molecule has 0 saturated heterocycles. The third kappa shape index (κ3) is 4.84. The van der Waals surface area contributed by atoms with Crippen molar-refractivity contribution in [1.29, 1.82) is 0 Å². The van der Waals surface area contributed by atoms with Crippen LogP contribution in [0.4, 0.5) is 4.39 Å². The first-order valence-corrected chi connectivity index (χ1v) is 10.0. The summed E-state index contributed by atoms with van der Waals surface area (Å²) in [6.45, 7) is 0.0718. The minimum absolute atomic E-state index is 0.0718. The first-order chi connectivity index (χ1) is 15.5. The minimum atomic E-state index is -0.361. The molecule has 4 aromatic rings. The Bertz CT molecular complexity index is 1360. The zero-order chi connectivity index (χ0) is 22.5. The first kappa shape index (κ1) is 21.3. The van der Waals surface area contributed by atoms with Gasteiger partial charge in [-0.15, -0.1) is 0 Å². The topological polar surface area (TPSA) is 91.5 Å². The molecular formula is C23H19FN4O3S. The third-order valence-corrected chi connectivity index (χ3v) is 4.89. The van der Waals surface area contributed by atoms with Crippen molar-refractivity contribution in [2.75, 3.05) is 7.11 Å². The molecule has 0 atom stereocenters. The highest BCUT2D eigenvalue weighted by Crippen LogP contribution is 2.28. The number of H-pyrrole nitrogens is 2. The number of amides is 1. The number of aromatic amines is 2. The van der Waals surface area contributed by atoms with Crippen LogP contribution < -0.4 is 14.9 Å². The molecule has 0 spiro atoms. The van der Waals surface area contributed by atoms with E-state index in [1.807, 2.05) is 0 Å². The van der Waals surface area contributed by atoms with E-state index in [0.717, 1.165) is 11.0 Å². The zero-order valence-corrected chi connectivity index (χ0v) is 17.8. The van der Waals surface area contributed by atoms with E-state index in [1.54, 1.807) is 54.6 Å². The number of hydrogen-bond donors (Lipinski definition) is 3. The first-order valence-electron chi connectivity index (χ1n) is 9.63. The fraction of sp³-hybridized carbons (Fsp3) is 0.0870. The van der Waals surface area contributed by atoms with Crippen LogP contribution in [0.15, 0.2) is 65.8 Å². The molecule has 162 valence electrons. The summed E-state index contributed by atoms with van der Waals surface area (Å²) in [5.41, 5.74) is 5.62. The second-order valence-electron chi connectivity index (χ2n) is 6.83. The van der Waals surface area contributed by atoms with Crippen molar-refractivity contribution in [2.45, 2.75) is 6.61 Å². The van der Waals surface area contributed by atoms with Crippen LogP contribution in [-0.2, 0) is 6.61 Å². The Morgan fingerprint density at radius 2 is 1.91 bits per heavy atom. The van der Waals surface area contributed by atoms with Gasteiger partial charge in [0.05, 0.1) is 24.4 Å². The molecule has 0 saturated carbocycles. The van der Waals surface area contributed by atoms with Gasteiger partial charge in [0.1, 0.15) is 12.4 Å². The van der Waals surface area contributed by atoms with E-state index in [-0.39, 0.29) is 18.3 Å². The van der Waals surface area contributed by atoms with Gasteiger partial charge in [-0.25, -0.2) is 9.82 Å². The fourth-order valence-corrected chi connectivity index (χ4v) is 3.28. The number of ether oxygens (including phenoxy) is 2. The van der Waals surface area contributed by atoms with Crippen LogP contribution in [0.2, 0.25) is 0 Å². The van der Waals surface area contributed by atoms with E-state index in [2.05, 4.69) is 20.5 Å². The number of fused-ring (bicyclic) bond motifs is 1. The number of carbonyl (C=O) groups is 1. The van der Waals surface area contributed by atoms with Crippen molar-refractivity contribution in [1.82, 2.24) is 15.4 Å². The number of nitrogens with one attached hydrogen (secondary N) is 3. The van der Waals surface area contributed by atoms with Gasteiger partial charge in [-0.05, 0) is 60.2 Å². The number of benzene rings is 3. The summed E-state index contributed by atoms with van der Waals surface area (Å²) in [6, 6.07) is 16.7. The van der Waals surface area contributed by atoms with Crippen LogP contribution in [0.25, 0.3) is 11.0 Å². The molecule has 4 rings (SSSR count). The highest BCUT2D eigenvalue weighted by molar-refractivity contribution is 7.71. The smallest absolute Gasteiger partial charge is 0.271 e. The summed E-state index contributed by atoms with van der Waals surface area (Å²) in [4.78, 5) is 18.3. The highest BCUT2D eigenvalue weighted by atomic mass is 32.1. The van der Waals surface area contributed by atoms with Gasteiger partial charge in [0.15, 0.2) is 16.3 Å². The van der Waals surface area contributed by atoms with Crippen molar-refractivity contribution < 1.29 is 18.7 Å². The lowest BCUT2D eigenvalue weighted by Gasteiger charge is -2.11. The predicted octanol–water partition coefficient (Wildman–Crippen LogP) is 4.72. The molecule has 0 fully saturated rings. The second-order valence-corrected chi connectivity index (χ2v) is 7.24.